The number of hydrogen-bond acceptors (Lipinski definition) is 9. The van der Waals surface area contributed by atoms with E-state index in [0.717, 1.165) is 0 Å². The Hall–Kier alpha value is -2.21. The van der Waals surface area contributed by atoms with Crippen molar-refractivity contribution in [2.75, 3.05) is 13.2 Å². The molecule has 3 heterocycles. The van der Waals surface area contributed by atoms with Gasteiger partial charge >= 0.3 is 0 Å². The molecule has 3 aliphatic heterocycles. The predicted molar refractivity (Wildman–Crippen MR) is 83.9 cm³/mol. The lowest BCUT2D eigenvalue weighted by Crippen LogP contribution is -2.59. The summed E-state index contributed by atoms with van der Waals surface area (Å²) in [7, 11) is 0. The van der Waals surface area contributed by atoms with E-state index in [4.69, 9.17) is 10.5 Å². The highest BCUT2D eigenvalue weighted by Crippen LogP contribution is 2.32. The highest BCUT2D eigenvalue weighted by molar-refractivity contribution is 6.37. The van der Waals surface area contributed by atoms with Gasteiger partial charge in [-0.05, 0) is 6.92 Å². The average molecular weight is 338 g/mol. The summed E-state index contributed by atoms with van der Waals surface area (Å²) in [6.45, 7) is 1.65. The number of primary amides is 1. The third-order valence-corrected chi connectivity index (χ3v) is 4.08. The zero-order chi connectivity index (χ0) is 17.5. The minimum Gasteiger partial charge on any atom is -0.394 e. The second-order valence-corrected chi connectivity index (χ2v) is 5.45. The van der Waals surface area contributed by atoms with Crippen LogP contribution in [0.15, 0.2) is 20.0 Å². The first kappa shape index (κ1) is 16.6. The van der Waals surface area contributed by atoms with Crippen LogP contribution in [0.25, 0.3) is 0 Å². The number of nitrogens with zero attached hydrogens (tertiary/aromatic N) is 5. The van der Waals surface area contributed by atoms with E-state index < -0.39 is 42.6 Å². The summed E-state index contributed by atoms with van der Waals surface area (Å²) < 4.78 is 5.46. The molecule has 5 N–H and O–H groups in total. The standard InChI is InChI=1S/C13H18N6O5/c1-2-15-11-13(10(14)23)12(17-4-16-11)19(5-18-13)9-8(22)7(21)6(3-20)24-9/h4-9,20-22H,2-3H2,1H3,(H2,14,23)/t6-,7-,8-,9-,13?/m1/s1. The molecule has 1 amide bonds. The number of aliphatic hydroxyl groups is 3. The molecular formula is C13H18N6O5. The molecule has 0 aliphatic carbocycles. The Morgan fingerprint density at radius 1 is 1.50 bits per heavy atom. The number of nitrogens with two attached hydrogens (primary N) is 1. The van der Waals surface area contributed by atoms with Crippen molar-refractivity contribution in [3.63, 3.8) is 0 Å². The van der Waals surface area contributed by atoms with Crippen molar-refractivity contribution in [3.8, 4) is 0 Å². The molecule has 1 fully saturated rings. The third kappa shape index (κ3) is 2.17. The van der Waals surface area contributed by atoms with Crippen molar-refractivity contribution in [3.05, 3.63) is 0 Å². The fourth-order valence-corrected chi connectivity index (χ4v) is 2.88. The smallest absolute Gasteiger partial charge is 0.261 e. The third-order valence-electron chi connectivity index (χ3n) is 4.08. The summed E-state index contributed by atoms with van der Waals surface area (Å²) in [5.41, 5.74) is 3.83. The quantitative estimate of drug-likeness (QED) is 0.422. The van der Waals surface area contributed by atoms with Crippen LogP contribution in [0.4, 0.5) is 0 Å². The Labute approximate surface area is 136 Å². The Morgan fingerprint density at radius 2 is 2.25 bits per heavy atom. The Kier molecular flexibility index (Phi) is 4.17. The van der Waals surface area contributed by atoms with Gasteiger partial charge < -0.3 is 25.8 Å². The zero-order valence-corrected chi connectivity index (χ0v) is 12.8. The normalized spacial score (nSPS) is 39.4. The first-order valence-electron chi connectivity index (χ1n) is 7.39. The molecule has 130 valence electrons. The van der Waals surface area contributed by atoms with Gasteiger partial charge in [0.1, 0.15) is 24.7 Å². The van der Waals surface area contributed by atoms with Gasteiger partial charge in [0.05, 0.1) is 12.9 Å². The van der Waals surface area contributed by atoms with Gasteiger partial charge in [0.2, 0.25) is 0 Å². The van der Waals surface area contributed by atoms with Crippen LogP contribution in [0.2, 0.25) is 0 Å². The molecule has 3 rings (SSSR count). The Balaban J connectivity index is 1.99. The molecular weight excluding hydrogens is 320 g/mol. The van der Waals surface area contributed by atoms with Crippen LogP contribution >= 0.6 is 0 Å². The average Bonchev–Trinajstić information content (AvgIpc) is 3.08. The molecule has 0 bridgehead atoms. The van der Waals surface area contributed by atoms with Gasteiger partial charge in [0.15, 0.2) is 17.9 Å². The molecule has 11 nitrogen and oxygen atoms in total. The largest absolute Gasteiger partial charge is 0.394 e. The van der Waals surface area contributed by atoms with Crippen LogP contribution in [0.3, 0.4) is 0 Å². The lowest BCUT2D eigenvalue weighted by Gasteiger charge is -2.31. The van der Waals surface area contributed by atoms with Gasteiger partial charge in [-0.2, -0.15) is 0 Å². The number of carbonyl (C=O) groups is 1. The highest BCUT2D eigenvalue weighted by atomic mass is 16.6. The lowest BCUT2D eigenvalue weighted by atomic mass is 9.95. The molecule has 0 aromatic heterocycles. The van der Waals surface area contributed by atoms with E-state index in [-0.39, 0.29) is 11.7 Å². The van der Waals surface area contributed by atoms with E-state index >= 15 is 0 Å². The minimum absolute atomic E-state index is 0.0760. The summed E-state index contributed by atoms with van der Waals surface area (Å²) in [4.78, 5) is 29.8. The topological polar surface area (TPSA) is 166 Å². The predicted octanol–water partition coefficient (Wildman–Crippen LogP) is -3.15. The number of ether oxygens (including phenoxy) is 1. The van der Waals surface area contributed by atoms with Crippen molar-refractivity contribution in [2.24, 2.45) is 25.7 Å². The molecule has 0 aromatic rings. The summed E-state index contributed by atoms with van der Waals surface area (Å²) in [5, 5.41) is 29.3. The first-order valence-corrected chi connectivity index (χ1v) is 7.39. The number of aliphatic imine (C=N–C) groups is 4. The van der Waals surface area contributed by atoms with E-state index in [2.05, 4.69) is 20.0 Å². The SMILES string of the molecule is CCN=C1N=CN=C2N([C@@H]3O[C@H](CO)[C@@H](O)[C@H]3O)C=NC12C(N)=O. The van der Waals surface area contributed by atoms with E-state index in [0.29, 0.717) is 6.54 Å². The van der Waals surface area contributed by atoms with Crippen LogP contribution in [0.5, 0.6) is 0 Å². The van der Waals surface area contributed by atoms with Crippen LogP contribution in [0, 0.1) is 0 Å². The summed E-state index contributed by atoms with van der Waals surface area (Å²) in [6.07, 6.45) is -2.25. The number of amides is 1. The summed E-state index contributed by atoms with van der Waals surface area (Å²) >= 11 is 0. The van der Waals surface area contributed by atoms with Crippen LogP contribution in [-0.4, -0.2) is 93.7 Å². The van der Waals surface area contributed by atoms with Gasteiger partial charge in [-0.25, -0.2) is 15.0 Å². The van der Waals surface area contributed by atoms with Crippen molar-refractivity contribution in [2.45, 2.75) is 37.0 Å². The van der Waals surface area contributed by atoms with Gasteiger partial charge in [0, 0.05) is 6.54 Å². The fourth-order valence-electron chi connectivity index (χ4n) is 2.88. The number of amidine groups is 2. The molecule has 0 aromatic carbocycles. The van der Waals surface area contributed by atoms with E-state index in [1.54, 1.807) is 6.92 Å². The van der Waals surface area contributed by atoms with Crippen molar-refractivity contribution < 1.29 is 24.9 Å². The molecule has 5 atom stereocenters. The highest BCUT2D eigenvalue weighted by Gasteiger charge is 2.58. The van der Waals surface area contributed by atoms with Crippen LogP contribution in [0.1, 0.15) is 6.92 Å². The Morgan fingerprint density at radius 3 is 2.83 bits per heavy atom. The minimum atomic E-state index is -1.70. The van der Waals surface area contributed by atoms with Crippen molar-refractivity contribution >= 4 is 30.3 Å². The summed E-state index contributed by atoms with van der Waals surface area (Å²) in [5.74, 6) is -0.657. The van der Waals surface area contributed by atoms with E-state index in [9.17, 15) is 20.1 Å². The van der Waals surface area contributed by atoms with Crippen LogP contribution < -0.4 is 5.73 Å². The molecule has 0 spiro atoms. The van der Waals surface area contributed by atoms with Crippen LogP contribution in [-0.2, 0) is 9.53 Å². The maximum atomic E-state index is 12.1. The van der Waals surface area contributed by atoms with Gasteiger partial charge in [-0.1, -0.05) is 0 Å². The molecule has 1 saturated heterocycles. The van der Waals surface area contributed by atoms with Gasteiger partial charge in [-0.3, -0.25) is 14.7 Å². The number of rotatable bonds is 4. The maximum absolute atomic E-state index is 12.1. The van der Waals surface area contributed by atoms with Crippen molar-refractivity contribution in [1.82, 2.24) is 4.90 Å². The molecule has 24 heavy (non-hydrogen) atoms. The van der Waals surface area contributed by atoms with Crippen molar-refractivity contribution in [1.29, 1.82) is 0 Å². The molecule has 1 unspecified atom stereocenters. The summed E-state index contributed by atoms with van der Waals surface area (Å²) in [6, 6.07) is 0. The maximum Gasteiger partial charge on any atom is 0.261 e. The Bertz CT molecular complexity index is 661. The van der Waals surface area contributed by atoms with Gasteiger partial charge in [0.25, 0.3) is 11.4 Å². The second-order valence-electron chi connectivity index (χ2n) is 5.45. The number of aliphatic hydroxyl groups excluding tert-OH is 3. The molecule has 3 aliphatic rings. The van der Waals surface area contributed by atoms with Gasteiger partial charge in [-0.15, -0.1) is 0 Å². The zero-order valence-electron chi connectivity index (χ0n) is 12.8. The first-order chi connectivity index (χ1) is 11.5. The van der Waals surface area contributed by atoms with E-state index in [1.807, 2.05) is 0 Å². The number of carbonyl (C=O) groups excluding carboxylic acids is 1. The molecule has 11 heteroatoms. The number of hydrogen-bond donors (Lipinski definition) is 4. The second kappa shape index (κ2) is 6.02. The molecule has 0 saturated carbocycles. The monoisotopic (exact) mass is 338 g/mol. The lowest BCUT2D eigenvalue weighted by molar-refractivity contribution is -0.119. The fraction of sp³-hybridized carbons (Fsp3) is 0.615. The molecule has 0 radical (unpaired) electrons. The number of fused-ring (bicyclic) bond motifs is 1. The van der Waals surface area contributed by atoms with E-state index in [1.165, 1.54) is 17.6 Å².